The van der Waals surface area contributed by atoms with E-state index < -0.39 is 11.6 Å². The van der Waals surface area contributed by atoms with E-state index in [2.05, 4.69) is 17.6 Å². The predicted octanol–water partition coefficient (Wildman–Crippen LogP) is 2.36. The van der Waals surface area contributed by atoms with Crippen LogP contribution in [0.25, 0.3) is 0 Å². The average molecular weight is 270 g/mol. The normalized spacial score (nSPS) is 12.2. The van der Waals surface area contributed by atoms with Crippen molar-refractivity contribution in [1.82, 2.24) is 10.6 Å². The van der Waals surface area contributed by atoms with Crippen LogP contribution in [0.3, 0.4) is 0 Å². The van der Waals surface area contributed by atoms with Crippen LogP contribution in [0.15, 0.2) is 18.2 Å². The average Bonchev–Trinajstić information content (AvgIpc) is 2.32. The van der Waals surface area contributed by atoms with Crippen LogP contribution in [0.5, 0.6) is 0 Å². The minimum absolute atomic E-state index is 0.116. The molecular formula is C14H20F2N2O. The van der Waals surface area contributed by atoms with Gasteiger partial charge in [-0.3, -0.25) is 4.79 Å². The molecular weight excluding hydrogens is 250 g/mol. The minimum Gasteiger partial charge on any atom is -0.353 e. The van der Waals surface area contributed by atoms with Gasteiger partial charge in [0.05, 0.1) is 6.54 Å². The second-order valence-corrected chi connectivity index (χ2v) is 4.60. The first-order valence-corrected chi connectivity index (χ1v) is 6.47. The number of rotatable bonds is 7. The third-order valence-corrected chi connectivity index (χ3v) is 2.75. The Morgan fingerprint density at radius 1 is 1.37 bits per heavy atom. The minimum atomic E-state index is -0.604. The monoisotopic (exact) mass is 270 g/mol. The lowest BCUT2D eigenvalue weighted by atomic mass is 10.2. The molecule has 5 heteroatoms. The summed E-state index contributed by atoms with van der Waals surface area (Å²) in [6, 6.07) is 3.54. The zero-order valence-corrected chi connectivity index (χ0v) is 11.3. The van der Waals surface area contributed by atoms with Crippen LogP contribution in [-0.2, 0) is 11.3 Å². The first-order valence-electron chi connectivity index (χ1n) is 6.47. The van der Waals surface area contributed by atoms with E-state index in [1.807, 2.05) is 6.92 Å². The van der Waals surface area contributed by atoms with Gasteiger partial charge in [0, 0.05) is 24.2 Å². The molecule has 1 atom stereocenters. The standard InChI is InChI=1S/C14H20F2N2O/c1-3-4-10(2)18-14(19)9-17-8-11-5-6-12(15)7-13(11)16/h5-7,10,17H,3-4,8-9H2,1-2H3,(H,18,19). The Morgan fingerprint density at radius 3 is 2.74 bits per heavy atom. The zero-order chi connectivity index (χ0) is 14.3. The molecule has 0 spiro atoms. The van der Waals surface area contributed by atoms with E-state index >= 15 is 0 Å². The molecule has 0 aromatic heterocycles. The van der Waals surface area contributed by atoms with Gasteiger partial charge in [0.2, 0.25) is 5.91 Å². The van der Waals surface area contributed by atoms with Crippen molar-refractivity contribution in [1.29, 1.82) is 0 Å². The smallest absolute Gasteiger partial charge is 0.234 e. The van der Waals surface area contributed by atoms with Gasteiger partial charge in [0.15, 0.2) is 0 Å². The van der Waals surface area contributed by atoms with Crippen molar-refractivity contribution in [2.45, 2.75) is 39.3 Å². The number of hydrogen-bond donors (Lipinski definition) is 2. The Hall–Kier alpha value is -1.49. The molecule has 3 nitrogen and oxygen atoms in total. The first kappa shape index (κ1) is 15.6. The second kappa shape index (κ2) is 7.84. The van der Waals surface area contributed by atoms with E-state index in [9.17, 15) is 13.6 Å². The van der Waals surface area contributed by atoms with Crippen LogP contribution in [0.2, 0.25) is 0 Å². The topological polar surface area (TPSA) is 41.1 Å². The highest BCUT2D eigenvalue weighted by molar-refractivity contribution is 5.78. The van der Waals surface area contributed by atoms with Crippen molar-refractivity contribution in [2.75, 3.05) is 6.54 Å². The predicted molar refractivity (Wildman–Crippen MR) is 70.6 cm³/mol. The van der Waals surface area contributed by atoms with Gasteiger partial charge in [-0.1, -0.05) is 19.4 Å². The summed E-state index contributed by atoms with van der Waals surface area (Å²) in [6.45, 7) is 4.31. The van der Waals surface area contributed by atoms with Gasteiger partial charge in [-0.25, -0.2) is 8.78 Å². The maximum absolute atomic E-state index is 13.3. The van der Waals surface area contributed by atoms with Gasteiger partial charge >= 0.3 is 0 Å². The van der Waals surface area contributed by atoms with Crippen molar-refractivity contribution in [3.63, 3.8) is 0 Å². The van der Waals surface area contributed by atoms with Crippen LogP contribution in [0.4, 0.5) is 8.78 Å². The summed E-state index contributed by atoms with van der Waals surface area (Å²) in [5.41, 5.74) is 0.343. The Kier molecular flexibility index (Phi) is 6.42. The SMILES string of the molecule is CCCC(C)NC(=O)CNCc1ccc(F)cc1F. The molecule has 1 amide bonds. The van der Waals surface area contributed by atoms with Gasteiger partial charge in [-0.05, 0) is 19.4 Å². The van der Waals surface area contributed by atoms with E-state index in [-0.39, 0.29) is 25.0 Å². The molecule has 1 aromatic rings. The highest BCUT2D eigenvalue weighted by atomic mass is 19.1. The van der Waals surface area contributed by atoms with E-state index in [0.29, 0.717) is 5.56 Å². The third-order valence-electron chi connectivity index (χ3n) is 2.75. The van der Waals surface area contributed by atoms with Crippen molar-refractivity contribution >= 4 is 5.91 Å². The molecule has 0 aliphatic rings. The summed E-state index contributed by atoms with van der Waals surface area (Å²) in [5.74, 6) is -1.33. The lowest BCUT2D eigenvalue weighted by Crippen LogP contribution is -2.38. The Morgan fingerprint density at radius 2 is 2.11 bits per heavy atom. The zero-order valence-electron chi connectivity index (χ0n) is 11.3. The Bertz CT molecular complexity index is 424. The third kappa shape index (κ3) is 5.79. The molecule has 1 rings (SSSR count). The van der Waals surface area contributed by atoms with Crippen LogP contribution >= 0.6 is 0 Å². The maximum Gasteiger partial charge on any atom is 0.234 e. The molecule has 0 fully saturated rings. The molecule has 1 unspecified atom stereocenters. The van der Waals surface area contributed by atoms with Crippen molar-refractivity contribution in [2.24, 2.45) is 0 Å². The second-order valence-electron chi connectivity index (χ2n) is 4.60. The quantitative estimate of drug-likeness (QED) is 0.798. The van der Waals surface area contributed by atoms with E-state index in [4.69, 9.17) is 0 Å². The first-order chi connectivity index (χ1) is 9.02. The summed E-state index contributed by atoms with van der Waals surface area (Å²) in [4.78, 5) is 11.5. The molecule has 0 bridgehead atoms. The fourth-order valence-corrected chi connectivity index (χ4v) is 1.81. The summed E-state index contributed by atoms with van der Waals surface area (Å²) < 4.78 is 26.0. The Labute approximate surface area is 112 Å². The number of nitrogens with one attached hydrogen (secondary N) is 2. The lowest BCUT2D eigenvalue weighted by molar-refractivity contribution is -0.120. The van der Waals surface area contributed by atoms with Gasteiger partial charge in [0.25, 0.3) is 0 Å². The molecule has 0 aliphatic carbocycles. The van der Waals surface area contributed by atoms with Gasteiger partial charge in [-0.2, -0.15) is 0 Å². The highest BCUT2D eigenvalue weighted by Gasteiger charge is 2.07. The molecule has 0 saturated heterocycles. The van der Waals surface area contributed by atoms with Crippen LogP contribution in [0.1, 0.15) is 32.3 Å². The molecule has 106 valence electrons. The summed E-state index contributed by atoms with van der Waals surface area (Å²) in [7, 11) is 0. The molecule has 19 heavy (non-hydrogen) atoms. The molecule has 2 N–H and O–H groups in total. The number of benzene rings is 1. The molecule has 0 aliphatic heterocycles. The fourth-order valence-electron chi connectivity index (χ4n) is 1.81. The largest absolute Gasteiger partial charge is 0.353 e. The van der Waals surface area contributed by atoms with Crippen LogP contribution < -0.4 is 10.6 Å². The summed E-state index contributed by atoms with van der Waals surface area (Å²) in [6.07, 6.45) is 1.94. The number of halogens is 2. The number of amides is 1. The van der Waals surface area contributed by atoms with Gasteiger partial charge < -0.3 is 10.6 Å². The van der Waals surface area contributed by atoms with E-state index in [1.165, 1.54) is 12.1 Å². The summed E-state index contributed by atoms with van der Waals surface area (Å²) in [5, 5.41) is 5.67. The summed E-state index contributed by atoms with van der Waals surface area (Å²) >= 11 is 0. The molecule has 0 heterocycles. The lowest BCUT2D eigenvalue weighted by Gasteiger charge is -2.13. The molecule has 0 saturated carbocycles. The highest BCUT2D eigenvalue weighted by Crippen LogP contribution is 2.08. The number of carbonyl (C=O) groups is 1. The van der Waals surface area contributed by atoms with Crippen LogP contribution in [0, 0.1) is 11.6 Å². The number of carbonyl (C=O) groups excluding carboxylic acids is 1. The van der Waals surface area contributed by atoms with Crippen molar-refractivity contribution in [3.8, 4) is 0 Å². The van der Waals surface area contributed by atoms with Gasteiger partial charge in [-0.15, -0.1) is 0 Å². The number of hydrogen-bond acceptors (Lipinski definition) is 2. The van der Waals surface area contributed by atoms with E-state index in [1.54, 1.807) is 0 Å². The molecule has 0 radical (unpaired) electrons. The Balaban J connectivity index is 2.31. The van der Waals surface area contributed by atoms with E-state index in [0.717, 1.165) is 18.9 Å². The van der Waals surface area contributed by atoms with Crippen molar-refractivity contribution < 1.29 is 13.6 Å². The maximum atomic E-state index is 13.3. The fraction of sp³-hybridized carbons (Fsp3) is 0.500. The molecule has 1 aromatic carbocycles. The van der Waals surface area contributed by atoms with Crippen molar-refractivity contribution in [3.05, 3.63) is 35.4 Å². The van der Waals surface area contributed by atoms with Crippen LogP contribution in [-0.4, -0.2) is 18.5 Å². The van der Waals surface area contributed by atoms with Gasteiger partial charge in [0.1, 0.15) is 11.6 Å².